The van der Waals surface area contributed by atoms with Gasteiger partial charge in [0.25, 0.3) is 0 Å². The third-order valence-electron chi connectivity index (χ3n) is 2.72. The maximum absolute atomic E-state index is 3.87. The van der Waals surface area contributed by atoms with E-state index in [9.17, 15) is 0 Å². The fourth-order valence-electron chi connectivity index (χ4n) is 2.01. The van der Waals surface area contributed by atoms with Gasteiger partial charge in [-0.25, -0.2) is 0 Å². The molecule has 0 spiro atoms. The summed E-state index contributed by atoms with van der Waals surface area (Å²) < 4.78 is 2.13. The summed E-state index contributed by atoms with van der Waals surface area (Å²) in [5, 5.41) is 1.30. The first-order valence-electron chi connectivity index (χ1n) is 5.14. The molecule has 0 radical (unpaired) electrons. The maximum atomic E-state index is 3.87. The minimum atomic E-state index is 1.22. The smallest absolute Gasteiger partial charge is 0.0531 e. The Morgan fingerprint density at radius 3 is 2.67 bits per heavy atom. The van der Waals surface area contributed by atoms with Gasteiger partial charge >= 0.3 is 0 Å². The van der Waals surface area contributed by atoms with Crippen LogP contribution < -0.4 is 0 Å². The second-order valence-electron chi connectivity index (χ2n) is 3.58. The van der Waals surface area contributed by atoms with E-state index in [2.05, 4.69) is 54.5 Å². The van der Waals surface area contributed by atoms with Crippen LogP contribution in [0.1, 0.15) is 18.2 Å². The lowest BCUT2D eigenvalue weighted by atomic mass is 10.1. The van der Waals surface area contributed by atoms with Gasteiger partial charge in [-0.3, -0.25) is 0 Å². The highest BCUT2D eigenvalue weighted by Gasteiger charge is 2.08. The topological polar surface area (TPSA) is 4.93 Å². The lowest BCUT2D eigenvalue weighted by Crippen LogP contribution is -1.88. The summed E-state index contributed by atoms with van der Waals surface area (Å²) in [6.45, 7) is 8.05. The van der Waals surface area contributed by atoms with Crippen molar-refractivity contribution in [2.75, 3.05) is 0 Å². The average molecular weight is 197 g/mol. The molecule has 15 heavy (non-hydrogen) atoms. The molecule has 0 bridgehead atoms. The number of rotatable bonds is 2. The molecule has 1 aromatic carbocycles. The molecule has 2 rings (SSSR count). The van der Waals surface area contributed by atoms with Crippen LogP contribution in [0, 0.1) is 6.92 Å². The maximum Gasteiger partial charge on any atom is 0.0531 e. The second kappa shape index (κ2) is 3.77. The quantitative estimate of drug-likeness (QED) is 0.683. The van der Waals surface area contributed by atoms with Crippen LogP contribution in [-0.4, -0.2) is 4.57 Å². The van der Waals surface area contributed by atoms with Gasteiger partial charge in [-0.05, 0) is 31.6 Å². The minimum Gasteiger partial charge on any atom is -0.317 e. The number of para-hydroxylation sites is 1. The lowest BCUT2D eigenvalue weighted by molar-refractivity contribution is 1.19. The van der Waals surface area contributed by atoms with Crippen LogP contribution in [0.5, 0.6) is 0 Å². The largest absolute Gasteiger partial charge is 0.317 e. The molecule has 0 fully saturated rings. The normalized spacial score (nSPS) is 11.3. The van der Waals surface area contributed by atoms with Crippen LogP contribution in [0.3, 0.4) is 0 Å². The number of hydrogen-bond acceptors (Lipinski definition) is 0. The van der Waals surface area contributed by atoms with E-state index in [1.165, 1.54) is 22.2 Å². The van der Waals surface area contributed by atoms with E-state index in [0.29, 0.717) is 0 Å². The molecule has 1 nitrogen and oxygen atoms in total. The van der Waals surface area contributed by atoms with Crippen LogP contribution >= 0.6 is 0 Å². The molecule has 0 N–H and O–H groups in total. The fraction of sp³-hybridized carbons (Fsp3) is 0.143. The number of hydrogen-bond donors (Lipinski definition) is 0. The summed E-state index contributed by atoms with van der Waals surface area (Å²) in [4.78, 5) is 0. The zero-order valence-corrected chi connectivity index (χ0v) is 9.20. The van der Waals surface area contributed by atoms with Gasteiger partial charge in [-0.2, -0.15) is 0 Å². The van der Waals surface area contributed by atoms with E-state index in [1.54, 1.807) is 0 Å². The molecule has 0 aliphatic heterocycles. The number of aromatic nitrogens is 1. The fourth-order valence-corrected chi connectivity index (χ4v) is 2.01. The molecule has 1 heteroatoms. The van der Waals surface area contributed by atoms with E-state index in [0.717, 1.165) is 0 Å². The molecule has 0 amide bonds. The van der Waals surface area contributed by atoms with E-state index >= 15 is 0 Å². The van der Waals surface area contributed by atoms with Gasteiger partial charge in [0, 0.05) is 17.3 Å². The Labute approximate surface area is 90.3 Å². The minimum absolute atomic E-state index is 1.22. The van der Waals surface area contributed by atoms with Gasteiger partial charge < -0.3 is 4.57 Å². The predicted molar refractivity (Wildman–Crippen MR) is 67.8 cm³/mol. The van der Waals surface area contributed by atoms with Gasteiger partial charge in [-0.1, -0.05) is 30.9 Å². The molecule has 1 aromatic heterocycles. The van der Waals surface area contributed by atoms with Crippen molar-refractivity contribution in [1.29, 1.82) is 0 Å². The van der Waals surface area contributed by atoms with Crippen molar-refractivity contribution in [2.24, 2.45) is 0 Å². The molecule has 0 aliphatic rings. The number of fused-ring (bicyclic) bond motifs is 1. The van der Waals surface area contributed by atoms with Crippen molar-refractivity contribution in [3.05, 3.63) is 48.2 Å². The van der Waals surface area contributed by atoms with Crippen LogP contribution in [0.4, 0.5) is 0 Å². The molecule has 1 heterocycles. The highest BCUT2D eigenvalue weighted by molar-refractivity contribution is 5.89. The van der Waals surface area contributed by atoms with Crippen molar-refractivity contribution < 1.29 is 0 Å². The molecule has 0 saturated carbocycles. The van der Waals surface area contributed by atoms with Crippen molar-refractivity contribution in [2.45, 2.75) is 13.8 Å². The van der Waals surface area contributed by atoms with Crippen LogP contribution in [-0.2, 0) is 0 Å². The monoisotopic (exact) mass is 197 g/mol. The Morgan fingerprint density at radius 1 is 1.27 bits per heavy atom. The van der Waals surface area contributed by atoms with E-state index in [1.807, 2.05) is 13.1 Å². The Kier molecular flexibility index (Phi) is 2.46. The summed E-state index contributed by atoms with van der Waals surface area (Å²) >= 11 is 0. The molecule has 0 saturated heterocycles. The van der Waals surface area contributed by atoms with Crippen molar-refractivity contribution in [3.63, 3.8) is 0 Å². The molecule has 2 aromatic rings. The Bertz CT molecular complexity index is 530. The molecular weight excluding hydrogens is 182 g/mol. The Balaban J connectivity index is 2.89. The number of benzene rings is 1. The summed E-state index contributed by atoms with van der Waals surface area (Å²) in [7, 11) is 0. The van der Waals surface area contributed by atoms with Gasteiger partial charge in [0.15, 0.2) is 0 Å². The highest BCUT2D eigenvalue weighted by atomic mass is 15.0. The Morgan fingerprint density at radius 2 is 2.00 bits per heavy atom. The van der Waals surface area contributed by atoms with E-state index in [4.69, 9.17) is 0 Å². The van der Waals surface area contributed by atoms with Gasteiger partial charge in [0.1, 0.15) is 0 Å². The third kappa shape index (κ3) is 1.40. The van der Waals surface area contributed by atoms with Gasteiger partial charge in [-0.15, -0.1) is 0 Å². The van der Waals surface area contributed by atoms with Gasteiger partial charge in [0.05, 0.1) is 5.52 Å². The lowest BCUT2D eigenvalue weighted by Gasteiger charge is -2.00. The summed E-state index contributed by atoms with van der Waals surface area (Å²) in [5.74, 6) is 0. The van der Waals surface area contributed by atoms with Crippen LogP contribution in [0.25, 0.3) is 23.2 Å². The first-order valence-corrected chi connectivity index (χ1v) is 5.14. The van der Waals surface area contributed by atoms with E-state index < -0.39 is 0 Å². The molecule has 76 valence electrons. The van der Waals surface area contributed by atoms with Crippen LogP contribution in [0.15, 0.2) is 36.9 Å². The number of aryl methyl sites for hydroxylation is 1. The number of nitrogens with zero attached hydrogens (tertiary/aromatic N) is 1. The van der Waals surface area contributed by atoms with Gasteiger partial charge in [0.2, 0.25) is 0 Å². The predicted octanol–water partition coefficient (Wildman–Crippen LogP) is 4.08. The zero-order valence-electron chi connectivity index (χ0n) is 9.20. The summed E-state index contributed by atoms with van der Waals surface area (Å²) in [6.07, 6.45) is 6.04. The summed E-state index contributed by atoms with van der Waals surface area (Å²) in [5.41, 5.74) is 3.75. The first kappa shape index (κ1) is 9.78. The SMILES string of the molecule is C=Cn1c(/C=C\C)c(C)c2ccccc21. The summed E-state index contributed by atoms with van der Waals surface area (Å²) in [6, 6.07) is 8.40. The molecule has 0 unspecified atom stereocenters. The molecular formula is C14H15N. The van der Waals surface area contributed by atoms with Crippen molar-refractivity contribution >= 4 is 23.2 Å². The molecule has 0 atom stereocenters. The van der Waals surface area contributed by atoms with Crippen molar-refractivity contribution in [3.8, 4) is 0 Å². The Hall–Kier alpha value is -1.76. The highest BCUT2D eigenvalue weighted by Crippen LogP contribution is 2.26. The average Bonchev–Trinajstić information content (AvgIpc) is 2.54. The van der Waals surface area contributed by atoms with Crippen LogP contribution in [0.2, 0.25) is 0 Å². The third-order valence-corrected chi connectivity index (χ3v) is 2.72. The van der Waals surface area contributed by atoms with E-state index in [-0.39, 0.29) is 0 Å². The zero-order chi connectivity index (χ0) is 10.8. The van der Waals surface area contributed by atoms with Crippen molar-refractivity contribution in [1.82, 2.24) is 4.57 Å². The first-order chi connectivity index (χ1) is 7.29. The number of allylic oxidation sites excluding steroid dienone is 1. The molecule has 0 aliphatic carbocycles. The standard InChI is InChI=1S/C14H15N/c1-4-8-13-11(3)12-9-6-7-10-14(12)15(13)5-2/h4-10H,2H2,1,3H3/b8-4-. The second-order valence-corrected chi connectivity index (χ2v) is 3.58.